The topological polar surface area (TPSA) is 85.6 Å². The lowest BCUT2D eigenvalue weighted by atomic mass is 10.1. The van der Waals surface area contributed by atoms with Crippen molar-refractivity contribution in [1.29, 1.82) is 0 Å². The van der Waals surface area contributed by atoms with Crippen molar-refractivity contribution in [2.75, 3.05) is 11.6 Å². The molecule has 146 valence electrons. The van der Waals surface area contributed by atoms with Crippen molar-refractivity contribution in [2.45, 2.75) is 18.7 Å². The number of anilines is 1. The van der Waals surface area contributed by atoms with Crippen LogP contribution in [0.1, 0.15) is 21.6 Å². The van der Waals surface area contributed by atoms with Gasteiger partial charge in [-0.25, -0.2) is 4.68 Å². The Morgan fingerprint density at radius 2 is 1.97 bits per heavy atom. The van der Waals surface area contributed by atoms with Crippen LogP contribution in [0.5, 0.6) is 0 Å². The number of benzene rings is 2. The molecule has 1 amide bonds. The Balaban J connectivity index is 1.58. The van der Waals surface area contributed by atoms with Crippen LogP contribution in [0.25, 0.3) is 17.2 Å². The highest BCUT2D eigenvalue weighted by Crippen LogP contribution is 2.25. The van der Waals surface area contributed by atoms with Crippen LogP contribution in [0.2, 0.25) is 0 Å². The van der Waals surface area contributed by atoms with Gasteiger partial charge in [0.1, 0.15) is 0 Å². The van der Waals surface area contributed by atoms with Gasteiger partial charge in [0, 0.05) is 22.0 Å². The molecule has 0 aliphatic rings. The number of nitrogens with one attached hydrogen (secondary N) is 1. The molecule has 2 aromatic heterocycles. The van der Waals surface area contributed by atoms with Crippen LogP contribution in [-0.2, 0) is 0 Å². The average molecular weight is 423 g/mol. The third kappa shape index (κ3) is 3.92. The highest BCUT2D eigenvalue weighted by molar-refractivity contribution is 7.98. The second kappa shape index (κ2) is 8.14. The van der Waals surface area contributed by atoms with Crippen LogP contribution in [0, 0.1) is 13.8 Å². The molecule has 0 spiro atoms. The van der Waals surface area contributed by atoms with E-state index in [1.54, 1.807) is 22.5 Å². The second-order valence-corrected chi connectivity index (χ2v) is 7.96. The maximum atomic E-state index is 12.5. The zero-order valence-electron chi connectivity index (χ0n) is 16.1. The minimum Gasteiger partial charge on any atom is -0.297 e. The number of carbonyl (C=O) groups is 1. The number of hydrogen-bond donors (Lipinski definition) is 1. The first-order chi connectivity index (χ1) is 14.1. The molecule has 0 saturated carbocycles. The Morgan fingerprint density at radius 1 is 1.14 bits per heavy atom. The Bertz CT molecular complexity index is 1180. The fourth-order valence-corrected chi connectivity index (χ4v) is 3.90. The molecule has 4 rings (SSSR count). The minimum absolute atomic E-state index is 0.208. The van der Waals surface area contributed by atoms with Crippen LogP contribution in [0.4, 0.5) is 5.13 Å². The van der Waals surface area contributed by atoms with Gasteiger partial charge in [0.2, 0.25) is 5.13 Å². The monoisotopic (exact) mass is 422 g/mol. The van der Waals surface area contributed by atoms with Gasteiger partial charge in [0.25, 0.3) is 5.91 Å². The predicted molar refractivity (Wildman–Crippen MR) is 116 cm³/mol. The summed E-state index contributed by atoms with van der Waals surface area (Å²) in [7, 11) is 0. The van der Waals surface area contributed by atoms with E-state index in [-0.39, 0.29) is 5.91 Å². The number of hydrogen-bond acceptors (Lipinski definition) is 7. The molecule has 1 N–H and O–H groups in total. The largest absolute Gasteiger partial charge is 0.297 e. The van der Waals surface area contributed by atoms with Gasteiger partial charge in [-0.3, -0.25) is 10.1 Å². The minimum atomic E-state index is -0.208. The van der Waals surface area contributed by atoms with Crippen LogP contribution < -0.4 is 5.32 Å². The average Bonchev–Trinajstić information content (AvgIpc) is 3.34. The third-order valence-electron chi connectivity index (χ3n) is 4.44. The van der Waals surface area contributed by atoms with Crippen molar-refractivity contribution in [1.82, 2.24) is 24.4 Å². The van der Waals surface area contributed by atoms with Gasteiger partial charge < -0.3 is 0 Å². The molecule has 4 aromatic rings. The first kappa shape index (κ1) is 19.3. The Morgan fingerprint density at radius 3 is 2.76 bits per heavy atom. The van der Waals surface area contributed by atoms with E-state index in [2.05, 4.69) is 31.1 Å². The third-order valence-corrected chi connectivity index (χ3v) is 5.80. The molecule has 0 radical (unpaired) electrons. The summed E-state index contributed by atoms with van der Waals surface area (Å²) >= 11 is 2.79. The highest BCUT2D eigenvalue weighted by Gasteiger charge is 2.18. The summed E-state index contributed by atoms with van der Waals surface area (Å²) < 4.78 is 6.12. The quantitative estimate of drug-likeness (QED) is 0.481. The zero-order valence-corrected chi connectivity index (χ0v) is 17.7. The summed E-state index contributed by atoms with van der Waals surface area (Å²) in [5.74, 6) is 0.236. The van der Waals surface area contributed by atoms with Crippen molar-refractivity contribution >= 4 is 34.3 Å². The summed E-state index contributed by atoms with van der Waals surface area (Å²) in [4.78, 5) is 18.1. The molecule has 0 unspecified atom stereocenters. The molecular weight excluding hydrogens is 404 g/mol. The lowest BCUT2D eigenvalue weighted by Gasteiger charge is -2.05. The van der Waals surface area contributed by atoms with Gasteiger partial charge in [-0.2, -0.15) is 9.36 Å². The maximum Gasteiger partial charge on any atom is 0.257 e. The number of nitrogens with zero attached hydrogens (tertiary/aromatic N) is 5. The van der Waals surface area contributed by atoms with Crippen molar-refractivity contribution in [3.63, 3.8) is 0 Å². The van der Waals surface area contributed by atoms with Crippen molar-refractivity contribution in [2.24, 2.45) is 0 Å². The molecule has 29 heavy (non-hydrogen) atoms. The van der Waals surface area contributed by atoms with E-state index in [0.717, 1.165) is 33.4 Å². The first-order valence-electron chi connectivity index (χ1n) is 8.84. The maximum absolute atomic E-state index is 12.5. The van der Waals surface area contributed by atoms with E-state index in [1.807, 2.05) is 56.5 Å². The molecule has 0 saturated heterocycles. The Labute approximate surface area is 176 Å². The number of carbonyl (C=O) groups excluding carboxylic acids is 1. The normalized spacial score (nSPS) is 10.9. The van der Waals surface area contributed by atoms with Crippen molar-refractivity contribution < 1.29 is 4.79 Å². The standard InChI is InChI=1S/C20H18N6OS2/c1-12-7-4-5-10-16(12)19(27)22-20-21-18(24-29-20)17-13(2)26(25-23-17)14-8-6-9-15(11-14)28-3/h4-11H,1-3H3,(H,21,22,24,27). The van der Waals surface area contributed by atoms with Crippen molar-refractivity contribution in [3.8, 4) is 17.2 Å². The highest BCUT2D eigenvalue weighted by atomic mass is 32.2. The fraction of sp³-hybridized carbons (Fsp3) is 0.150. The SMILES string of the molecule is CSc1cccc(-n2nnc(-c3nsc(NC(=O)c4ccccc4C)n3)c2C)c1. The van der Waals surface area contributed by atoms with Crippen LogP contribution >= 0.6 is 23.3 Å². The molecule has 0 bridgehead atoms. The number of aromatic nitrogens is 5. The number of rotatable bonds is 5. The van der Waals surface area contributed by atoms with Gasteiger partial charge in [0.15, 0.2) is 11.5 Å². The molecule has 9 heteroatoms. The Kier molecular flexibility index (Phi) is 5.41. The van der Waals surface area contributed by atoms with E-state index in [0.29, 0.717) is 22.2 Å². The summed E-state index contributed by atoms with van der Waals surface area (Å²) in [6.45, 7) is 3.82. The molecule has 2 heterocycles. The smallest absolute Gasteiger partial charge is 0.257 e. The van der Waals surface area contributed by atoms with Gasteiger partial charge in [0.05, 0.1) is 11.4 Å². The van der Waals surface area contributed by atoms with Gasteiger partial charge in [-0.05, 0) is 49.9 Å². The molecule has 0 atom stereocenters. The number of thioether (sulfide) groups is 1. The van der Waals surface area contributed by atoms with Crippen LogP contribution in [0.3, 0.4) is 0 Å². The molecule has 0 aliphatic heterocycles. The van der Waals surface area contributed by atoms with Crippen LogP contribution in [0.15, 0.2) is 53.4 Å². The molecular formula is C20H18N6OS2. The summed E-state index contributed by atoms with van der Waals surface area (Å²) in [5.41, 5.74) is 3.86. The molecule has 7 nitrogen and oxygen atoms in total. The Hall–Kier alpha value is -3.04. The second-order valence-electron chi connectivity index (χ2n) is 6.33. The molecule has 0 fully saturated rings. The summed E-state index contributed by atoms with van der Waals surface area (Å²) in [6.07, 6.45) is 2.03. The zero-order chi connectivity index (χ0) is 20.4. The van der Waals surface area contributed by atoms with Gasteiger partial charge in [-0.1, -0.05) is 29.5 Å². The lowest BCUT2D eigenvalue weighted by Crippen LogP contribution is -2.13. The van der Waals surface area contributed by atoms with E-state index >= 15 is 0 Å². The summed E-state index contributed by atoms with van der Waals surface area (Å²) in [5, 5.41) is 11.8. The van der Waals surface area contributed by atoms with Gasteiger partial charge >= 0.3 is 0 Å². The number of amides is 1. The van der Waals surface area contributed by atoms with E-state index in [4.69, 9.17) is 0 Å². The van der Waals surface area contributed by atoms with Crippen molar-refractivity contribution in [3.05, 3.63) is 65.4 Å². The van der Waals surface area contributed by atoms with E-state index in [9.17, 15) is 4.79 Å². The summed E-state index contributed by atoms with van der Waals surface area (Å²) in [6, 6.07) is 15.5. The lowest BCUT2D eigenvalue weighted by molar-refractivity contribution is 0.102. The fourth-order valence-electron chi connectivity index (χ4n) is 2.89. The van der Waals surface area contributed by atoms with E-state index < -0.39 is 0 Å². The van der Waals surface area contributed by atoms with E-state index in [1.165, 1.54) is 0 Å². The predicted octanol–water partition coefficient (Wildman–Crippen LogP) is 4.38. The number of aryl methyl sites for hydroxylation is 1. The first-order valence-corrected chi connectivity index (χ1v) is 10.8. The van der Waals surface area contributed by atoms with Crippen LogP contribution in [-0.4, -0.2) is 36.5 Å². The molecule has 2 aromatic carbocycles. The van der Waals surface area contributed by atoms with Gasteiger partial charge in [-0.15, -0.1) is 16.9 Å². The molecule has 0 aliphatic carbocycles.